The quantitative estimate of drug-likeness (QED) is 0.449. The number of hydrogen-bond acceptors (Lipinski definition) is 4. The summed E-state index contributed by atoms with van der Waals surface area (Å²) in [6, 6.07) is 4.50. The second-order valence-corrected chi connectivity index (χ2v) is 4.29. The molecule has 0 aliphatic carbocycles. The number of rotatable bonds is 0. The Hall–Kier alpha value is -2.36. The maximum Gasteiger partial charge on any atom is 0.336 e. The molecule has 0 aliphatic heterocycles. The van der Waals surface area contributed by atoms with Crippen molar-refractivity contribution in [3.63, 3.8) is 0 Å². The first kappa shape index (κ1) is 10.8. The Labute approximate surface area is 101 Å². The fraction of sp³-hybridized carbons (Fsp3) is 0.143. The molecule has 3 rings (SSSR count). The first-order valence-electron chi connectivity index (χ1n) is 5.53. The molecule has 1 aromatic carbocycles. The Morgan fingerprint density at radius 1 is 1.00 bits per heavy atom. The van der Waals surface area contributed by atoms with E-state index in [4.69, 9.17) is 8.83 Å². The van der Waals surface area contributed by atoms with Crippen LogP contribution in [0.3, 0.4) is 0 Å². The van der Waals surface area contributed by atoms with Crippen LogP contribution >= 0.6 is 0 Å². The second kappa shape index (κ2) is 3.57. The van der Waals surface area contributed by atoms with Crippen molar-refractivity contribution in [2.75, 3.05) is 0 Å². The van der Waals surface area contributed by atoms with Gasteiger partial charge in [0, 0.05) is 23.1 Å². The maximum atomic E-state index is 11.8. The summed E-state index contributed by atoms with van der Waals surface area (Å²) in [6.45, 7) is 3.59. The molecule has 0 unspecified atom stereocenters. The predicted octanol–water partition coefficient (Wildman–Crippen LogP) is 2.52. The first-order valence-corrected chi connectivity index (χ1v) is 5.53. The average molecular weight is 242 g/mol. The minimum absolute atomic E-state index is 0.105. The topological polar surface area (TPSA) is 60.4 Å². The summed E-state index contributed by atoms with van der Waals surface area (Å²) in [5.41, 5.74) is 1.88. The lowest BCUT2D eigenvalue weighted by atomic mass is 10.0. The zero-order valence-electron chi connectivity index (χ0n) is 9.94. The van der Waals surface area contributed by atoms with Gasteiger partial charge >= 0.3 is 5.63 Å². The van der Waals surface area contributed by atoms with Gasteiger partial charge in [0.1, 0.15) is 11.2 Å². The monoisotopic (exact) mass is 242 g/mol. The normalized spacial score (nSPS) is 11.2. The highest BCUT2D eigenvalue weighted by Gasteiger charge is 2.12. The van der Waals surface area contributed by atoms with E-state index in [9.17, 15) is 9.59 Å². The van der Waals surface area contributed by atoms with Gasteiger partial charge in [-0.15, -0.1) is 0 Å². The molecular formula is C14H10O4. The van der Waals surface area contributed by atoms with Crippen molar-refractivity contribution in [3.05, 3.63) is 56.2 Å². The van der Waals surface area contributed by atoms with E-state index in [2.05, 4.69) is 0 Å². The highest BCUT2D eigenvalue weighted by molar-refractivity contribution is 5.97. The predicted molar refractivity (Wildman–Crippen MR) is 68.0 cm³/mol. The van der Waals surface area contributed by atoms with E-state index < -0.39 is 5.63 Å². The summed E-state index contributed by atoms with van der Waals surface area (Å²) in [5, 5.41) is 1.26. The molecule has 3 aromatic rings. The molecule has 4 nitrogen and oxygen atoms in total. The summed E-state index contributed by atoms with van der Waals surface area (Å²) in [7, 11) is 0. The van der Waals surface area contributed by atoms with E-state index in [0.717, 1.165) is 10.9 Å². The van der Waals surface area contributed by atoms with Crippen molar-refractivity contribution in [2.45, 2.75) is 13.8 Å². The minimum Gasteiger partial charge on any atom is -0.464 e. The van der Waals surface area contributed by atoms with Crippen molar-refractivity contribution >= 4 is 21.9 Å². The van der Waals surface area contributed by atoms with E-state index in [-0.39, 0.29) is 5.43 Å². The fourth-order valence-electron chi connectivity index (χ4n) is 2.18. The Balaban J connectivity index is 2.70. The molecule has 0 saturated carbocycles. The summed E-state index contributed by atoms with van der Waals surface area (Å²) < 4.78 is 10.6. The number of benzene rings is 1. The van der Waals surface area contributed by atoms with Gasteiger partial charge in [0.15, 0.2) is 5.43 Å². The van der Waals surface area contributed by atoms with E-state index in [1.807, 2.05) is 6.92 Å². The van der Waals surface area contributed by atoms with Crippen LogP contribution < -0.4 is 11.1 Å². The van der Waals surface area contributed by atoms with Crippen LogP contribution in [0, 0.1) is 13.8 Å². The third kappa shape index (κ3) is 1.39. The summed E-state index contributed by atoms with van der Waals surface area (Å²) in [6.07, 6.45) is 1.34. The van der Waals surface area contributed by atoms with Gasteiger partial charge in [-0.3, -0.25) is 4.79 Å². The zero-order chi connectivity index (χ0) is 12.9. The Bertz CT molecular complexity index is 884. The summed E-state index contributed by atoms with van der Waals surface area (Å²) in [5.74, 6) is 0. The Morgan fingerprint density at radius 3 is 2.56 bits per heavy atom. The molecule has 0 fully saturated rings. The smallest absolute Gasteiger partial charge is 0.336 e. The molecule has 0 N–H and O–H groups in total. The number of hydrogen-bond donors (Lipinski definition) is 0. The minimum atomic E-state index is -0.402. The van der Waals surface area contributed by atoms with Crippen LogP contribution in [0.1, 0.15) is 11.1 Å². The molecule has 0 radical (unpaired) electrons. The largest absolute Gasteiger partial charge is 0.464 e. The van der Waals surface area contributed by atoms with Crippen molar-refractivity contribution in [2.24, 2.45) is 0 Å². The van der Waals surface area contributed by atoms with Gasteiger partial charge in [-0.2, -0.15) is 0 Å². The molecule has 18 heavy (non-hydrogen) atoms. The molecule has 0 atom stereocenters. The molecule has 2 heterocycles. The standard InChI is InChI=1S/C14H10O4/c1-7-5-12(16)18-14-8(2)13-10(6-9(7)14)11(15)3-4-17-13/h3-6H,1-2H3. The molecule has 4 heteroatoms. The average Bonchev–Trinajstić information content (AvgIpc) is 2.32. The van der Waals surface area contributed by atoms with E-state index >= 15 is 0 Å². The van der Waals surface area contributed by atoms with E-state index in [0.29, 0.717) is 22.1 Å². The van der Waals surface area contributed by atoms with Crippen LogP contribution in [0.2, 0.25) is 0 Å². The van der Waals surface area contributed by atoms with Gasteiger partial charge < -0.3 is 8.83 Å². The van der Waals surface area contributed by atoms with Crippen molar-refractivity contribution < 1.29 is 8.83 Å². The van der Waals surface area contributed by atoms with Crippen LogP contribution in [0.25, 0.3) is 21.9 Å². The van der Waals surface area contributed by atoms with E-state index in [1.165, 1.54) is 18.4 Å². The lowest BCUT2D eigenvalue weighted by Gasteiger charge is -2.06. The van der Waals surface area contributed by atoms with Gasteiger partial charge in [0.25, 0.3) is 0 Å². The van der Waals surface area contributed by atoms with Gasteiger partial charge in [0.05, 0.1) is 11.6 Å². The van der Waals surface area contributed by atoms with Gasteiger partial charge in [0.2, 0.25) is 0 Å². The number of aryl methyl sites for hydroxylation is 2. The molecular weight excluding hydrogens is 232 g/mol. The zero-order valence-corrected chi connectivity index (χ0v) is 9.94. The van der Waals surface area contributed by atoms with Crippen molar-refractivity contribution in [1.29, 1.82) is 0 Å². The van der Waals surface area contributed by atoms with Crippen LogP contribution in [-0.4, -0.2) is 0 Å². The third-order valence-electron chi connectivity index (χ3n) is 3.09. The third-order valence-corrected chi connectivity index (χ3v) is 3.09. The van der Waals surface area contributed by atoms with Crippen LogP contribution in [0.4, 0.5) is 0 Å². The van der Waals surface area contributed by atoms with Crippen molar-refractivity contribution in [1.82, 2.24) is 0 Å². The summed E-state index contributed by atoms with van der Waals surface area (Å²) in [4.78, 5) is 23.2. The highest BCUT2D eigenvalue weighted by atomic mass is 16.4. The van der Waals surface area contributed by atoms with E-state index in [1.54, 1.807) is 13.0 Å². The molecule has 90 valence electrons. The fourth-order valence-corrected chi connectivity index (χ4v) is 2.18. The lowest BCUT2D eigenvalue weighted by molar-refractivity contribution is 0.554. The van der Waals surface area contributed by atoms with Crippen LogP contribution in [0.15, 0.2) is 42.9 Å². The second-order valence-electron chi connectivity index (χ2n) is 4.29. The lowest BCUT2D eigenvalue weighted by Crippen LogP contribution is -2.03. The molecule has 0 amide bonds. The highest BCUT2D eigenvalue weighted by Crippen LogP contribution is 2.26. The van der Waals surface area contributed by atoms with Gasteiger partial charge in [-0.1, -0.05) is 0 Å². The van der Waals surface area contributed by atoms with Crippen LogP contribution in [0.5, 0.6) is 0 Å². The SMILES string of the molecule is Cc1cc(=O)oc2c(C)c3occc(=O)c3cc12. The number of fused-ring (bicyclic) bond motifs is 2. The Kier molecular flexibility index (Phi) is 2.13. The van der Waals surface area contributed by atoms with Gasteiger partial charge in [-0.25, -0.2) is 4.79 Å². The molecule has 0 aliphatic rings. The van der Waals surface area contributed by atoms with Crippen LogP contribution in [-0.2, 0) is 0 Å². The first-order chi connectivity index (χ1) is 8.58. The molecule has 2 aromatic heterocycles. The molecule has 0 bridgehead atoms. The van der Waals surface area contributed by atoms with Gasteiger partial charge in [-0.05, 0) is 25.5 Å². The molecule has 0 spiro atoms. The summed E-state index contributed by atoms with van der Waals surface area (Å²) >= 11 is 0. The molecule has 0 saturated heterocycles. The maximum absolute atomic E-state index is 11.8. The Morgan fingerprint density at radius 2 is 1.78 bits per heavy atom. The van der Waals surface area contributed by atoms with Crippen molar-refractivity contribution in [3.8, 4) is 0 Å².